The number of nitrogens with zero attached hydrogens (tertiary/aromatic N) is 4. The number of carbonyl (C=O) groups excluding carboxylic acids is 1. The van der Waals surface area contributed by atoms with E-state index in [0.717, 1.165) is 15.8 Å². The van der Waals surface area contributed by atoms with Gasteiger partial charge in [0.2, 0.25) is 5.88 Å². The molecule has 2 aromatic carbocycles. The van der Waals surface area contributed by atoms with E-state index in [2.05, 4.69) is 20.4 Å². The normalized spacial score (nSPS) is 10.9. The van der Waals surface area contributed by atoms with Gasteiger partial charge in [0.05, 0.1) is 11.1 Å². The summed E-state index contributed by atoms with van der Waals surface area (Å²) in [6, 6.07) is 17.6. The second-order valence-corrected chi connectivity index (χ2v) is 8.55. The van der Waals surface area contributed by atoms with Crippen LogP contribution in [0.5, 0.6) is 11.6 Å². The minimum absolute atomic E-state index is 0.168. The molecule has 0 atom stereocenters. The van der Waals surface area contributed by atoms with Gasteiger partial charge in [-0.3, -0.25) is 9.59 Å². The van der Waals surface area contributed by atoms with Crippen molar-refractivity contribution in [3.8, 4) is 17.3 Å². The number of thiophene rings is 1. The molecule has 5 rings (SSSR count). The Bertz CT molecular complexity index is 1560. The van der Waals surface area contributed by atoms with Gasteiger partial charge in [0.15, 0.2) is 5.69 Å². The van der Waals surface area contributed by atoms with Gasteiger partial charge in [-0.05, 0) is 67.3 Å². The second kappa shape index (κ2) is 8.87. The monoisotopic (exact) mass is 469 g/mol. The molecule has 168 valence electrons. The van der Waals surface area contributed by atoms with Gasteiger partial charge in [-0.1, -0.05) is 17.7 Å². The maximum atomic E-state index is 12.9. The summed E-state index contributed by atoms with van der Waals surface area (Å²) in [7, 11) is 0. The molecule has 0 saturated carbocycles. The van der Waals surface area contributed by atoms with Crippen LogP contribution in [0.25, 0.3) is 15.9 Å². The summed E-state index contributed by atoms with van der Waals surface area (Å²) in [5.74, 6) is 0.635. The summed E-state index contributed by atoms with van der Waals surface area (Å²) in [4.78, 5) is 34.7. The van der Waals surface area contributed by atoms with Crippen molar-refractivity contribution in [2.45, 2.75) is 13.8 Å². The molecule has 0 saturated heterocycles. The van der Waals surface area contributed by atoms with Crippen molar-refractivity contribution in [1.82, 2.24) is 19.7 Å². The predicted octanol–water partition coefficient (Wildman–Crippen LogP) is 4.90. The lowest BCUT2D eigenvalue weighted by Crippen LogP contribution is -2.26. The summed E-state index contributed by atoms with van der Waals surface area (Å²) < 4.78 is 7.12. The molecule has 0 aliphatic carbocycles. The largest absolute Gasteiger partial charge is 0.438 e. The van der Waals surface area contributed by atoms with Gasteiger partial charge in [0, 0.05) is 11.8 Å². The number of benzene rings is 2. The van der Waals surface area contributed by atoms with Crippen molar-refractivity contribution >= 4 is 33.1 Å². The van der Waals surface area contributed by atoms with E-state index < -0.39 is 5.91 Å². The molecule has 0 aliphatic rings. The molecule has 0 aliphatic heterocycles. The van der Waals surface area contributed by atoms with Gasteiger partial charge < -0.3 is 10.1 Å². The highest BCUT2D eigenvalue weighted by Gasteiger charge is 2.15. The minimum atomic E-state index is -0.414. The first-order chi connectivity index (χ1) is 16.5. The molecule has 0 fully saturated rings. The maximum Gasteiger partial charge on any atom is 0.276 e. The maximum absolute atomic E-state index is 12.9. The average Bonchev–Trinajstić information content (AvgIpc) is 3.31. The fourth-order valence-electron chi connectivity index (χ4n) is 3.40. The van der Waals surface area contributed by atoms with Crippen LogP contribution >= 0.6 is 11.3 Å². The molecule has 8 nitrogen and oxygen atoms in total. The number of amides is 1. The van der Waals surface area contributed by atoms with Gasteiger partial charge in [-0.25, -0.2) is 9.97 Å². The zero-order valence-electron chi connectivity index (χ0n) is 18.4. The van der Waals surface area contributed by atoms with E-state index in [1.807, 2.05) is 30.5 Å². The zero-order valence-corrected chi connectivity index (χ0v) is 19.2. The standard InChI is InChI=1S/C25H19N5O3S/c1-15-3-7-18(8-4-15)30-21(31)13-16(2)22(29-30)23(32)28-17-5-9-19(10-6-17)33-24-20-11-12-34-25(20)27-14-26-24/h3-14H,1-2H3,(H,28,32). The number of ether oxygens (including phenoxy) is 1. The van der Waals surface area contributed by atoms with Crippen LogP contribution in [0.4, 0.5) is 5.69 Å². The van der Waals surface area contributed by atoms with Crippen LogP contribution in [0.1, 0.15) is 21.6 Å². The third-order valence-corrected chi connectivity index (χ3v) is 5.99. The highest BCUT2D eigenvalue weighted by molar-refractivity contribution is 7.16. The van der Waals surface area contributed by atoms with Crippen LogP contribution in [0, 0.1) is 13.8 Å². The Hall–Kier alpha value is -4.37. The van der Waals surface area contributed by atoms with E-state index in [9.17, 15) is 9.59 Å². The van der Waals surface area contributed by atoms with Crippen LogP contribution in [-0.2, 0) is 0 Å². The third-order valence-electron chi connectivity index (χ3n) is 5.17. The Morgan fingerprint density at radius 2 is 1.76 bits per heavy atom. The van der Waals surface area contributed by atoms with Gasteiger partial charge in [-0.15, -0.1) is 11.3 Å². The second-order valence-electron chi connectivity index (χ2n) is 7.66. The molecule has 0 bridgehead atoms. The smallest absolute Gasteiger partial charge is 0.276 e. The number of aromatic nitrogens is 4. The third kappa shape index (κ3) is 4.28. The van der Waals surface area contributed by atoms with E-state index in [1.165, 1.54) is 28.4 Å². The van der Waals surface area contributed by atoms with Crippen LogP contribution < -0.4 is 15.6 Å². The minimum Gasteiger partial charge on any atom is -0.438 e. The Morgan fingerprint density at radius 1 is 1.00 bits per heavy atom. The molecule has 3 heterocycles. The van der Waals surface area contributed by atoms with Crippen LogP contribution in [0.2, 0.25) is 0 Å². The van der Waals surface area contributed by atoms with E-state index in [0.29, 0.717) is 28.6 Å². The van der Waals surface area contributed by atoms with Crippen molar-refractivity contribution in [3.05, 3.63) is 99.5 Å². The summed E-state index contributed by atoms with van der Waals surface area (Å²) in [5, 5.41) is 9.92. The van der Waals surface area contributed by atoms with Gasteiger partial charge >= 0.3 is 0 Å². The van der Waals surface area contributed by atoms with Crippen LogP contribution in [-0.4, -0.2) is 25.7 Å². The predicted molar refractivity (Wildman–Crippen MR) is 131 cm³/mol. The van der Waals surface area contributed by atoms with Crippen molar-refractivity contribution in [2.75, 3.05) is 5.32 Å². The van der Waals surface area contributed by atoms with Gasteiger partial charge in [0.25, 0.3) is 11.5 Å². The van der Waals surface area contributed by atoms with E-state index in [4.69, 9.17) is 4.74 Å². The van der Waals surface area contributed by atoms with E-state index >= 15 is 0 Å². The average molecular weight is 470 g/mol. The Morgan fingerprint density at radius 3 is 2.53 bits per heavy atom. The van der Waals surface area contributed by atoms with Crippen LogP contribution in [0.15, 0.2) is 77.2 Å². The van der Waals surface area contributed by atoms with Gasteiger partial charge in [-0.2, -0.15) is 9.78 Å². The first-order valence-electron chi connectivity index (χ1n) is 10.4. The molecule has 9 heteroatoms. The Labute approximate surface area is 198 Å². The molecule has 1 N–H and O–H groups in total. The molecule has 3 aromatic heterocycles. The molecule has 1 amide bonds. The number of anilines is 1. The number of fused-ring (bicyclic) bond motifs is 1. The number of hydrogen-bond acceptors (Lipinski definition) is 7. The molecule has 0 unspecified atom stereocenters. The van der Waals surface area contributed by atoms with Crippen molar-refractivity contribution in [1.29, 1.82) is 0 Å². The molecular formula is C25H19N5O3S. The van der Waals surface area contributed by atoms with Crippen LogP contribution in [0.3, 0.4) is 0 Å². The Kier molecular flexibility index (Phi) is 5.60. The highest BCUT2D eigenvalue weighted by atomic mass is 32.1. The number of aryl methyl sites for hydroxylation is 2. The lowest BCUT2D eigenvalue weighted by Gasteiger charge is -2.11. The lowest BCUT2D eigenvalue weighted by molar-refractivity contribution is 0.102. The zero-order chi connectivity index (χ0) is 23.7. The quantitative estimate of drug-likeness (QED) is 0.393. The fraction of sp³-hybridized carbons (Fsp3) is 0.0800. The topological polar surface area (TPSA) is 99.0 Å². The van der Waals surface area contributed by atoms with Gasteiger partial charge in [0.1, 0.15) is 16.9 Å². The molecule has 34 heavy (non-hydrogen) atoms. The molecule has 0 radical (unpaired) electrons. The summed E-state index contributed by atoms with van der Waals surface area (Å²) >= 11 is 1.52. The van der Waals surface area contributed by atoms with Crippen molar-refractivity contribution < 1.29 is 9.53 Å². The highest BCUT2D eigenvalue weighted by Crippen LogP contribution is 2.29. The molecule has 0 spiro atoms. The summed E-state index contributed by atoms with van der Waals surface area (Å²) in [5.41, 5.74) is 2.58. The Balaban J connectivity index is 1.35. The van der Waals surface area contributed by atoms with Crippen molar-refractivity contribution in [2.24, 2.45) is 0 Å². The number of rotatable bonds is 5. The first-order valence-corrected chi connectivity index (χ1v) is 11.3. The van der Waals surface area contributed by atoms with E-state index in [1.54, 1.807) is 43.3 Å². The number of carbonyl (C=O) groups is 1. The summed E-state index contributed by atoms with van der Waals surface area (Å²) in [6.45, 7) is 3.65. The van der Waals surface area contributed by atoms with Crippen molar-refractivity contribution in [3.63, 3.8) is 0 Å². The first kappa shape index (κ1) is 21.5. The number of hydrogen-bond donors (Lipinski definition) is 1. The lowest BCUT2D eigenvalue weighted by atomic mass is 10.2. The van der Waals surface area contributed by atoms with E-state index in [-0.39, 0.29) is 11.3 Å². The number of nitrogens with one attached hydrogen (secondary N) is 1. The SMILES string of the molecule is Cc1ccc(-n2nc(C(=O)Nc3ccc(Oc4ncnc5sccc45)cc3)c(C)cc2=O)cc1. The summed E-state index contributed by atoms with van der Waals surface area (Å²) in [6.07, 6.45) is 1.47. The molecule has 5 aromatic rings. The molecular weight excluding hydrogens is 450 g/mol. The fourth-order valence-corrected chi connectivity index (χ4v) is 4.12.